The molecule has 0 spiro atoms. The summed E-state index contributed by atoms with van der Waals surface area (Å²) in [7, 11) is 0. The minimum Gasteiger partial charge on any atom is -0.213 e. The predicted octanol–water partition coefficient (Wildman–Crippen LogP) is 3.78. The van der Waals surface area contributed by atoms with Gasteiger partial charge in [0.2, 0.25) is 5.28 Å². The van der Waals surface area contributed by atoms with Crippen LogP contribution in [0.15, 0.2) is 60.7 Å². The maximum atomic E-state index is 6.00. The van der Waals surface area contributed by atoms with E-state index in [1.807, 2.05) is 60.7 Å². The molecule has 2 aromatic carbocycles. The Bertz CT molecular complexity index is 699. The van der Waals surface area contributed by atoms with Crippen molar-refractivity contribution in [2.24, 2.45) is 0 Å². The van der Waals surface area contributed by atoms with Gasteiger partial charge < -0.3 is 0 Å². The molecular weight excluding hydrogens is 270 g/mol. The van der Waals surface area contributed by atoms with Crippen molar-refractivity contribution in [1.82, 2.24) is 15.0 Å². The third-order valence-electron chi connectivity index (χ3n) is 2.89. The van der Waals surface area contributed by atoms with Crippen LogP contribution in [0.3, 0.4) is 0 Å². The summed E-state index contributed by atoms with van der Waals surface area (Å²) in [6, 6.07) is 19.8. The average molecular weight is 282 g/mol. The molecule has 3 nitrogen and oxygen atoms in total. The van der Waals surface area contributed by atoms with Crippen molar-refractivity contribution in [2.45, 2.75) is 6.42 Å². The lowest BCUT2D eigenvalue weighted by Gasteiger charge is -2.04. The number of nitrogens with zero attached hydrogens (tertiary/aromatic N) is 3. The van der Waals surface area contributed by atoms with Crippen LogP contribution in [0, 0.1) is 0 Å². The van der Waals surface area contributed by atoms with Gasteiger partial charge in [0.25, 0.3) is 0 Å². The minimum atomic E-state index is 0.227. The van der Waals surface area contributed by atoms with Gasteiger partial charge in [-0.2, -0.15) is 4.98 Å². The van der Waals surface area contributed by atoms with E-state index in [0.29, 0.717) is 18.1 Å². The molecule has 0 aliphatic rings. The molecule has 0 aliphatic carbocycles. The number of aromatic nitrogens is 3. The Morgan fingerprint density at radius 3 is 2.10 bits per heavy atom. The Hall–Kier alpha value is -2.26. The largest absolute Gasteiger partial charge is 0.226 e. The number of benzene rings is 2. The Labute approximate surface area is 122 Å². The molecule has 0 aliphatic heterocycles. The predicted molar refractivity (Wildman–Crippen MR) is 79.5 cm³/mol. The first-order valence-electron chi connectivity index (χ1n) is 6.31. The normalized spacial score (nSPS) is 10.4. The fourth-order valence-electron chi connectivity index (χ4n) is 1.96. The maximum Gasteiger partial charge on any atom is 0.226 e. The molecule has 0 saturated carbocycles. The van der Waals surface area contributed by atoms with Crippen molar-refractivity contribution in [3.05, 3.63) is 77.3 Å². The van der Waals surface area contributed by atoms with Gasteiger partial charge in [0, 0.05) is 12.0 Å². The summed E-state index contributed by atoms with van der Waals surface area (Å²) in [6.07, 6.45) is 0.642. The second-order valence-electron chi connectivity index (χ2n) is 4.37. The van der Waals surface area contributed by atoms with Crippen LogP contribution in [0.1, 0.15) is 11.4 Å². The summed E-state index contributed by atoms with van der Waals surface area (Å²) in [5, 5.41) is 0.227. The molecule has 98 valence electrons. The fourth-order valence-corrected chi connectivity index (χ4v) is 2.14. The van der Waals surface area contributed by atoms with Crippen LogP contribution < -0.4 is 0 Å². The second-order valence-corrected chi connectivity index (χ2v) is 4.71. The van der Waals surface area contributed by atoms with Gasteiger partial charge in [-0.05, 0) is 17.2 Å². The summed E-state index contributed by atoms with van der Waals surface area (Å²) in [5.41, 5.74) is 2.08. The summed E-state index contributed by atoms with van der Waals surface area (Å²) < 4.78 is 0. The van der Waals surface area contributed by atoms with Crippen LogP contribution >= 0.6 is 11.6 Å². The fraction of sp³-hybridized carbons (Fsp3) is 0.0625. The van der Waals surface area contributed by atoms with E-state index < -0.39 is 0 Å². The SMILES string of the molecule is Clc1nc(Cc2ccccc2)nc(-c2ccccc2)n1. The first-order chi connectivity index (χ1) is 9.81. The Morgan fingerprint density at radius 1 is 0.750 bits per heavy atom. The van der Waals surface area contributed by atoms with Crippen molar-refractivity contribution >= 4 is 11.6 Å². The van der Waals surface area contributed by atoms with Crippen molar-refractivity contribution in [2.75, 3.05) is 0 Å². The molecule has 0 saturated heterocycles. The third kappa shape index (κ3) is 3.00. The number of halogens is 1. The van der Waals surface area contributed by atoms with Gasteiger partial charge in [0.15, 0.2) is 5.82 Å². The van der Waals surface area contributed by atoms with Crippen molar-refractivity contribution < 1.29 is 0 Å². The lowest BCUT2D eigenvalue weighted by Crippen LogP contribution is -2.01. The zero-order chi connectivity index (χ0) is 13.8. The Morgan fingerprint density at radius 2 is 1.40 bits per heavy atom. The van der Waals surface area contributed by atoms with Gasteiger partial charge in [0.05, 0.1) is 0 Å². The molecule has 3 rings (SSSR count). The minimum absolute atomic E-state index is 0.227. The highest BCUT2D eigenvalue weighted by Gasteiger charge is 2.07. The van der Waals surface area contributed by atoms with Gasteiger partial charge in [0.1, 0.15) is 5.82 Å². The highest BCUT2D eigenvalue weighted by molar-refractivity contribution is 6.28. The molecule has 0 N–H and O–H groups in total. The van der Waals surface area contributed by atoms with Crippen LogP contribution in [0.25, 0.3) is 11.4 Å². The van der Waals surface area contributed by atoms with E-state index in [9.17, 15) is 0 Å². The first-order valence-corrected chi connectivity index (χ1v) is 6.69. The van der Waals surface area contributed by atoms with Crippen molar-refractivity contribution in [3.63, 3.8) is 0 Å². The van der Waals surface area contributed by atoms with E-state index in [-0.39, 0.29) is 5.28 Å². The van der Waals surface area contributed by atoms with E-state index in [4.69, 9.17) is 11.6 Å². The maximum absolute atomic E-state index is 6.00. The topological polar surface area (TPSA) is 38.7 Å². The van der Waals surface area contributed by atoms with Gasteiger partial charge >= 0.3 is 0 Å². The van der Waals surface area contributed by atoms with Gasteiger partial charge in [-0.3, -0.25) is 0 Å². The molecule has 20 heavy (non-hydrogen) atoms. The molecule has 0 unspecified atom stereocenters. The quantitative estimate of drug-likeness (QED) is 0.733. The van der Waals surface area contributed by atoms with E-state index >= 15 is 0 Å². The first kappa shape index (κ1) is 12.8. The zero-order valence-corrected chi connectivity index (χ0v) is 11.5. The molecule has 0 fully saturated rings. The summed E-state index contributed by atoms with van der Waals surface area (Å²) in [6.45, 7) is 0. The number of hydrogen-bond acceptors (Lipinski definition) is 3. The average Bonchev–Trinajstić information content (AvgIpc) is 2.49. The van der Waals surface area contributed by atoms with Crippen LogP contribution in [-0.2, 0) is 6.42 Å². The van der Waals surface area contributed by atoms with Crippen LogP contribution in [0.5, 0.6) is 0 Å². The highest BCUT2D eigenvalue weighted by atomic mass is 35.5. The molecule has 0 bridgehead atoms. The van der Waals surface area contributed by atoms with E-state index in [1.54, 1.807) is 0 Å². The smallest absolute Gasteiger partial charge is 0.213 e. The molecule has 1 aromatic heterocycles. The van der Waals surface area contributed by atoms with Crippen LogP contribution in [0.2, 0.25) is 5.28 Å². The second kappa shape index (κ2) is 5.80. The lowest BCUT2D eigenvalue weighted by molar-refractivity contribution is 0.926. The Kier molecular flexibility index (Phi) is 3.70. The summed E-state index contributed by atoms with van der Waals surface area (Å²) in [4.78, 5) is 12.9. The van der Waals surface area contributed by atoms with Crippen molar-refractivity contribution in [1.29, 1.82) is 0 Å². The Balaban J connectivity index is 1.95. The van der Waals surface area contributed by atoms with Crippen LogP contribution in [-0.4, -0.2) is 15.0 Å². The third-order valence-corrected chi connectivity index (χ3v) is 3.06. The molecule has 1 heterocycles. The summed E-state index contributed by atoms with van der Waals surface area (Å²) >= 11 is 6.00. The van der Waals surface area contributed by atoms with E-state index in [2.05, 4.69) is 15.0 Å². The molecule has 0 amide bonds. The monoisotopic (exact) mass is 281 g/mol. The van der Waals surface area contributed by atoms with E-state index in [0.717, 1.165) is 11.1 Å². The molecular formula is C16H12ClN3. The lowest BCUT2D eigenvalue weighted by atomic mass is 10.1. The number of rotatable bonds is 3. The molecule has 0 radical (unpaired) electrons. The van der Waals surface area contributed by atoms with Gasteiger partial charge in [-0.1, -0.05) is 60.7 Å². The van der Waals surface area contributed by atoms with Gasteiger partial charge in [-0.15, -0.1) is 0 Å². The van der Waals surface area contributed by atoms with Crippen molar-refractivity contribution in [3.8, 4) is 11.4 Å². The standard InChI is InChI=1S/C16H12ClN3/c17-16-19-14(11-12-7-3-1-4-8-12)18-15(20-16)13-9-5-2-6-10-13/h1-10H,11H2. The molecule has 0 atom stereocenters. The summed E-state index contributed by atoms with van der Waals surface area (Å²) in [5.74, 6) is 1.28. The number of hydrogen-bond donors (Lipinski definition) is 0. The van der Waals surface area contributed by atoms with Gasteiger partial charge in [-0.25, -0.2) is 9.97 Å². The zero-order valence-electron chi connectivity index (χ0n) is 10.7. The molecule has 4 heteroatoms. The van der Waals surface area contributed by atoms with E-state index in [1.165, 1.54) is 0 Å². The molecule has 3 aromatic rings. The highest BCUT2D eigenvalue weighted by Crippen LogP contribution is 2.17. The van der Waals surface area contributed by atoms with Crippen LogP contribution in [0.4, 0.5) is 0 Å².